The molecular weight excluding hydrogens is 354 g/mol. The largest absolute Gasteiger partial charge is 0.439 e. The number of ether oxygens (including phenoxy) is 1. The molecule has 5 rings (SSSR count). The Balaban J connectivity index is 1.38. The van der Waals surface area contributed by atoms with E-state index in [-0.39, 0.29) is 17.7 Å². The maximum atomic E-state index is 12.7. The summed E-state index contributed by atoms with van der Waals surface area (Å²) >= 11 is 0. The van der Waals surface area contributed by atoms with Crippen LogP contribution in [0.3, 0.4) is 0 Å². The third-order valence-corrected chi connectivity index (χ3v) is 5.96. The molecule has 0 aliphatic carbocycles. The van der Waals surface area contributed by atoms with Crippen molar-refractivity contribution in [3.8, 4) is 11.6 Å². The molecule has 2 atom stereocenters. The van der Waals surface area contributed by atoms with Gasteiger partial charge in [0.05, 0.1) is 0 Å². The fourth-order valence-corrected chi connectivity index (χ4v) is 4.22. The van der Waals surface area contributed by atoms with Crippen molar-refractivity contribution in [1.29, 1.82) is 0 Å². The first-order valence-corrected chi connectivity index (χ1v) is 9.81. The summed E-state index contributed by atoms with van der Waals surface area (Å²) in [5, 5.41) is 3.24. The van der Waals surface area contributed by atoms with Crippen molar-refractivity contribution in [2.75, 3.05) is 13.1 Å². The molecule has 28 heavy (non-hydrogen) atoms. The van der Waals surface area contributed by atoms with Gasteiger partial charge in [0.25, 0.3) is 5.91 Å². The highest BCUT2D eigenvalue weighted by Crippen LogP contribution is 2.32. The Morgan fingerprint density at radius 2 is 1.75 bits per heavy atom. The van der Waals surface area contributed by atoms with Crippen LogP contribution >= 0.6 is 0 Å². The van der Waals surface area contributed by atoms with Crippen LogP contribution < -0.4 is 10.1 Å². The summed E-state index contributed by atoms with van der Waals surface area (Å²) in [7, 11) is 0. The van der Waals surface area contributed by atoms with Gasteiger partial charge in [0, 0.05) is 35.5 Å². The van der Waals surface area contributed by atoms with E-state index >= 15 is 0 Å². The minimum absolute atomic E-state index is 0.0354. The predicted octanol–water partition coefficient (Wildman–Crippen LogP) is 3.29. The summed E-state index contributed by atoms with van der Waals surface area (Å²) in [6.45, 7) is 5.99. The lowest BCUT2D eigenvalue weighted by molar-refractivity contribution is 0.0217. The first-order chi connectivity index (χ1) is 13.5. The van der Waals surface area contributed by atoms with Gasteiger partial charge in [-0.2, -0.15) is 0 Å². The molecule has 0 radical (unpaired) electrons. The van der Waals surface area contributed by atoms with Crippen LogP contribution in [0.5, 0.6) is 11.6 Å². The minimum Gasteiger partial charge on any atom is -0.439 e. The van der Waals surface area contributed by atoms with Crippen molar-refractivity contribution in [2.45, 2.75) is 38.8 Å². The Kier molecular flexibility index (Phi) is 5.13. The van der Waals surface area contributed by atoms with E-state index in [9.17, 15) is 9.59 Å². The molecule has 6 nitrogen and oxygen atoms in total. The lowest BCUT2D eigenvalue weighted by atomic mass is 9.79. The first-order valence-electron chi connectivity index (χ1n) is 9.81. The molecule has 146 valence electrons. The monoisotopic (exact) mass is 379 g/mol. The Morgan fingerprint density at radius 1 is 1.07 bits per heavy atom. The summed E-state index contributed by atoms with van der Waals surface area (Å²) in [5.41, 5.74) is 1.16. The number of nitrogens with one attached hydrogen (secondary N) is 1. The first kappa shape index (κ1) is 18.6. The number of fused-ring (bicyclic) bond motifs is 3. The minimum atomic E-state index is -0.0407. The number of nitrogens with zero attached hydrogens (tertiary/aromatic N) is 2. The zero-order valence-electron chi connectivity index (χ0n) is 16.2. The molecule has 0 saturated carbocycles. The second kappa shape index (κ2) is 7.72. The smallest absolute Gasteiger partial charge is 0.251 e. The summed E-state index contributed by atoms with van der Waals surface area (Å²) in [5.74, 6) is 1.50. The molecule has 6 heteroatoms. The summed E-state index contributed by atoms with van der Waals surface area (Å²) in [6.07, 6.45) is 3.82. The molecule has 2 unspecified atom stereocenters. The number of amides is 1. The number of piperidine rings is 3. The predicted molar refractivity (Wildman–Crippen MR) is 106 cm³/mol. The molecule has 1 N–H and O–H groups in total. The average Bonchev–Trinajstić information content (AvgIpc) is 2.72. The Hall–Kier alpha value is -2.73. The molecule has 0 spiro atoms. The van der Waals surface area contributed by atoms with Gasteiger partial charge >= 0.3 is 0 Å². The molecule has 1 aromatic carbocycles. The van der Waals surface area contributed by atoms with E-state index in [1.54, 1.807) is 36.4 Å². The van der Waals surface area contributed by atoms with Gasteiger partial charge in [0.1, 0.15) is 5.75 Å². The molecule has 3 saturated heterocycles. The molecule has 1 aromatic heterocycles. The number of aromatic nitrogens is 1. The summed E-state index contributed by atoms with van der Waals surface area (Å²) < 4.78 is 5.69. The van der Waals surface area contributed by atoms with Gasteiger partial charge in [-0.1, -0.05) is 0 Å². The van der Waals surface area contributed by atoms with Crippen LogP contribution in [0.1, 0.15) is 47.4 Å². The van der Waals surface area contributed by atoms with Crippen molar-refractivity contribution in [3.63, 3.8) is 0 Å². The van der Waals surface area contributed by atoms with Crippen LogP contribution in [-0.4, -0.2) is 46.7 Å². The van der Waals surface area contributed by atoms with E-state index in [0.29, 0.717) is 34.7 Å². The molecule has 2 aromatic rings. The summed E-state index contributed by atoms with van der Waals surface area (Å²) in [6, 6.07) is 11.0. The normalized spacial score (nSPS) is 25.9. The standard InChI is InChI=1S/C22H25N3O3/c1-14-21(16-9-11-25(14)12-10-16)24-22(27)17-3-6-19(7-4-17)28-20-8-5-18(13-23-20)15(2)26/h3-8,13-14,16,21H,9-12H2,1-2H3,(H,24,27). The van der Waals surface area contributed by atoms with Crippen molar-refractivity contribution in [1.82, 2.24) is 15.2 Å². The van der Waals surface area contributed by atoms with E-state index in [2.05, 4.69) is 22.1 Å². The van der Waals surface area contributed by atoms with Gasteiger partial charge in [-0.3, -0.25) is 14.5 Å². The molecule has 3 aliphatic heterocycles. The maximum absolute atomic E-state index is 12.7. The van der Waals surface area contributed by atoms with Crippen LogP contribution in [0.15, 0.2) is 42.6 Å². The molecule has 3 aliphatic rings. The SMILES string of the molecule is CC(=O)c1ccc(Oc2ccc(C(=O)NC3C4CCN(CC4)C3C)cc2)nc1. The Labute approximate surface area is 164 Å². The number of hydrogen-bond donors (Lipinski definition) is 1. The zero-order valence-corrected chi connectivity index (χ0v) is 16.2. The number of ketones is 1. The Morgan fingerprint density at radius 3 is 2.32 bits per heavy atom. The van der Waals surface area contributed by atoms with E-state index in [4.69, 9.17) is 4.74 Å². The van der Waals surface area contributed by atoms with Crippen LogP contribution in [-0.2, 0) is 0 Å². The number of hydrogen-bond acceptors (Lipinski definition) is 5. The Bertz CT molecular complexity index is 854. The topological polar surface area (TPSA) is 71.5 Å². The van der Waals surface area contributed by atoms with Gasteiger partial charge in [-0.25, -0.2) is 4.98 Å². The second-order valence-electron chi connectivity index (χ2n) is 7.68. The van der Waals surface area contributed by atoms with E-state index in [0.717, 1.165) is 25.9 Å². The van der Waals surface area contributed by atoms with Gasteiger partial charge in [-0.05, 0) is 76.0 Å². The van der Waals surface area contributed by atoms with Crippen molar-refractivity contribution in [3.05, 3.63) is 53.7 Å². The number of carbonyl (C=O) groups is 2. The number of pyridine rings is 1. The average molecular weight is 379 g/mol. The zero-order chi connectivity index (χ0) is 19.7. The van der Waals surface area contributed by atoms with Crippen LogP contribution in [0, 0.1) is 5.92 Å². The lowest BCUT2D eigenvalue weighted by Gasteiger charge is -2.49. The third kappa shape index (κ3) is 3.78. The summed E-state index contributed by atoms with van der Waals surface area (Å²) in [4.78, 5) is 30.6. The highest BCUT2D eigenvalue weighted by Gasteiger charge is 2.40. The van der Waals surface area contributed by atoms with E-state index in [1.165, 1.54) is 13.1 Å². The fourth-order valence-electron chi connectivity index (χ4n) is 4.22. The lowest BCUT2D eigenvalue weighted by Crippen LogP contribution is -2.62. The highest BCUT2D eigenvalue weighted by atomic mass is 16.5. The van der Waals surface area contributed by atoms with Gasteiger partial charge in [0.15, 0.2) is 5.78 Å². The second-order valence-corrected chi connectivity index (χ2v) is 7.68. The number of carbonyl (C=O) groups excluding carboxylic acids is 2. The number of rotatable bonds is 5. The van der Waals surface area contributed by atoms with Gasteiger partial charge < -0.3 is 10.1 Å². The molecule has 4 heterocycles. The third-order valence-electron chi connectivity index (χ3n) is 5.96. The number of Topliss-reactive ketones (excluding diaryl/α,β-unsaturated/α-hetero) is 1. The van der Waals surface area contributed by atoms with Crippen LogP contribution in [0.2, 0.25) is 0 Å². The fraction of sp³-hybridized carbons (Fsp3) is 0.409. The molecular formula is C22H25N3O3. The maximum Gasteiger partial charge on any atom is 0.251 e. The molecule has 2 bridgehead atoms. The van der Waals surface area contributed by atoms with Crippen molar-refractivity contribution in [2.24, 2.45) is 5.92 Å². The van der Waals surface area contributed by atoms with E-state index in [1.807, 2.05) is 0 Å². The quantitative estimate of drug-likeness (QED) is 0.807. The van der Waals surface area contributed by atoms with Gasteiger partial charge in [0.2, 0.25) is 5.88 Å². The van der Waals surface area contributed by atoms with E-state index < -0.39 is 0 Å². The van der Waals surface area contributed by atoms with Crippen molar-refractivity contribution >= 4 is 11.7 Å². The molecule has 1 amide bonds. The van der Waals surface area contributed by atoms with Crippen LogP contribution in [0.4, 0.5) is 0 Å². The number of benzene rings is 1. The van der Waals surface area contributed by atoms with Gasteiger partial charge in [-0.15, -0.1) is 0 Å². The molecule has 3 fully saturated rings. The van der Waals surface area contributed by atoms with Crippen LogP contribution in [0.25, 0.3) is 0 Å². The van der Waals surface area contributed by atoms with Crippen molar-refractivity contribution < 1.29 is 14.3 Å². The highest BCUT2D eigenvalue weighted by molar-refractivity contribution is 5.94.